The number of benzene rings is 2. The predicted octanol–water partition coefficient (Wildman–Crippen LogP) is 1.29. The molecule has 0 saturated carbocycles. The molecule has 0 aliphatic carbocycles. The number of aromatic nitrogens is 2. The maximum atomic E-state index is 12.8. The summed E-state index contributed by atoms with van der Waals surface area (Å²) in [6.45, 7) is -0.525. The van der Waals surface area contributed by atoms with E-state index >= 15 is 0 Å². The van der Waals surface area contributed by atoms with Gasteiger partial charge >= 0.3 is 0 Å². The second-order valence-corrected chi connectivity index (χ2v) is 6.18. The summed E-state index contributed by atoms with van der Waals surface area (Å²) < 4.78 is 1.07. The molecular formula is C18H13N5O5. The molecule has 0 fully saturated rings. The average Bonchev–Trinajstić information content (AvgIpc) is 2.69. The molecular weight excluding hydrogens is 366 g/mol. The summed E-state index contributed by atoms with van der Waals surface area (Å²) in [6.07, 6.45) is 1.21. The summed E-state index contributed by atoms with van der Waals surface area (Å²) in [4.78, 5) is 53.1. The molecule has 1 N–H and O–H groups in total. The summed E-state index contributed by atoms with van der Waals surface area (Å²) in [7, 11) is 0. The van der Waals surface area contributed by atoms with Gasteiger partial charge in [0, 0.05) is 12.1 Å². The van der Waals surface area contributed by atoms with Gasteiger partial charge in [0.15, 0.2) is 0 Å². The molecule has 10 nitrogen and oxygen atoms in total. The number of carbonyl (C=O) groups is 2. The van der Waals surface area contributed by atoms with E-state index in [1.54, 1.807) is 24.3 Å². The summed E-state index contributed by atoms with van der Waals surface area (Å²) >= 11 is 0. The summed E-state index contributed by atoms with van der Waals surface area (Å²) in [6, 6.07) is 10.6. The van der Waals surface area contributed by atoms with Gasteiger partial charge in [-0.3, -0.25) is 34.0 Å². The van der Waals surface area contributed by atoms with Crippen molar-refractivity contribution < 1.29 is 14.5 Å². The highest BCUT2D eigenvalue weighted by Gasteiger charge is 2.27. The zero-order valence-corrected chi connectivity index (χ0v) is 14.4. The summed E-state index contributed by atoms with van der Waals surface area (Å²) in [5, 5.41) is 13.7. The van der Waals surface area contributed by atoms with E-state index in [2.05, 4.69) is 10.3 Å². The standard InChI is InChI=1S/C18H13N5O5/c24-16-8-22(15-4-2-1-3-14(15)20-16)17(25)9-21-10-19-13-6-5-11(23(27)28)7-12(13)18(21)26/h1-7,10H,8-9H2,(H,20,24). The third-order valence-corrected chi connectivity index (χ3v) is 4.40. The van der Waals surface area contributed by atoms with Gasteiger partial charge in [-0.1, -0.05) is 12.1 Å². The molecule has 2 aromatic carbocycles. The molecule has 10 heteroatoms. The monoisotopic (exact) mass is 379 g/mol. The van der Waals surface area contributed by atoms with Crippen molar-refractivity contribution in [3.05, 3.63) is 69.3 Å². The van der Waals surface area contributed by atoms with Gasteiger partial charge in [-0.15, -0.1) is 0 Å². The normalized spacial score (nSPS) is 13.1. The highest BCUT2D eigenvalue weighted by atomic mass is 16.6. The smallest absolute Gasteiger partial charge is 0.270 e. The molecule has 0 atom stereocenters. The van der Waals surface area contributed by atoms with Crippen LogP contribution in [0.5, 0.6) is 0 Å². The Hall–Kier alpha value is -4.08. The average molecular weight is 379 g/mol. The van der Waals surface area contributed by atoms with Crippen LogP contribution in [0.4, 0.5) is 17.1 Å². The molecule has 0 saturated heterocycles. The fourth-order valence-corrected chi connectivity index (χ4v) is 3.06. The van der Waals surface area contributed by atoms with Crippen molar-refractivity contribution in [2.45, 2.75) is 6.54 Å². The van der Waals surface area contributed by atoms with Gasteiger partial charge < -0.3 is 5.32 Å². The van der Waals surface area contributed by atoms with Crippen molar-refractivity contribution in [2.24, 2.45) is 0 Å². The van der Waals surface area contributed by atoms with Gasteiger partial charge in [-0.25, -0.2) is 4.98 Å². The van der Waals surface area contributed by atoms with E-state index in [1.807, 2.05) is 0 Å². The topological polar surface area (TPSA) is 127 Å². The first-order valence-corrected chi connectivity index (χ1v) is 8.27. The van der Waals surface area contributed by atoms with Crippen LogP contribution in [0.25, 0.3) is 10.9 Å². The Morgan fingerprint density at radius 3 is 2.79 bits per heavy atom. The Bertz CT molecular complexity index is 1200. The van der Waals surface area contributed by atoms with Crippen LogP contribution >= 0.6 is 0 Å². The third kappa shape index (κ3) is 2.96. The maximum Gasteiger partial charge on any atom is 0.270 e. The maximum absolute atomic E-state index is 12.8. The first-order valence-electron chi connectivity index (χ1n) is 8.27. The van der Waals surface area contributed by atoms with E-state index in [0.717, 1.165) is 10.6 Å². The molecule has 0 radical (unpaired) electrons. The molecule has 0 bridgehead atoms. The zero-order valence-electron chi connectivity index (χ0n) is 14.4. The number of non-ortho nitro benzene ring substituents is 1. The fraction of sp³-hybridized carbons (Fsp3) is 0.111. The first-order chi connectivity index (χ1) is 13.4. The van der Waals surface area contributed by atoms with Gasteiger partial charge in [0.25, 0.3) is 11.2 Å². The number of nitro groups is 1. The molecule has 0 unspecified atom stereocenters. The van der Waals surface area contributed by atoms with Gasteiger partial charge in [-0.2, -0.15) is 0 Å². The Morgan fingerprint density at radius 1 is 1.21 bits per heavy atom. The zero-order chi connectivity index (χ0) is 19.8. The van der Waals surface area contributed by atoms with Crippen LogP contribution in [-0.4, -0.2) is 32.8 Å². The molecule has 140 valence electrons. The highest BCUT2D eigenvalue weighted by Crippen LogP contribution is 2.29. The molecule has 3 aromatic rings. The molecule has 0 spiro atoms. The van der Waals surface area contributed by atoms with Crippen LogP contribution in [0.2, 0.25) is 0 Å². The van der Waals surface area contributed by atoms with Gasteiger partial charge in [0.1, 0.15) is 13.1 Å². The van der Waals surface area contributed by atoms with Crippen LogP contribution in [-0.2, 0) is 16.1 Å². The minimum Gasteiger partial charge on any atom is -0.323 e. The van der Waals surface area contributed by atoms with Crippen LogP contribution in [0.15, 0.2) is 53.6 Å². The molecule has 4 rings (SSSR count). The third-order valence-electron chi connectivity index (χ3n) is 4.40. The number of amides is 2. The predicted molar refractivity (Wildman–Crippen MR) is 100 cm³/mol. The lowest BCUT2D eigenvalue weighted by Crippen LogP contribution is -2.44. The number of hydrogen-bond acceptors (Lipinski definition) is 6. The number of fused-ring (bicyclic) bond motifs is 2. The number of para-hydroxylation sites is 2. The van der Waals surface area contributed by atoms with E-state index in [0.29, 0.717) is 16.9 Å². The van der Waals surface area contributed by atoms with Gasteiger partial charge in [0.05, 0.1) is 33.5 Å². The van der Waals surface area contributed by atoms with Crippen molar-refractivity contribution in [2.75, 3.05) is 16.8 Å². The van der Waals surface area contributed by atoms with E-state index in [-0.39, 0.29) is 30.1 Å². The number of hydrogen-bond donors (Lipinski definition) is 1. The second-order valence-electron chi connectivity index (χ2n) is 6.18. The molecule has 2 heterocycles. The molecule has 2 amide bonds. The van der Waals surface area contributed by atoms with Crippen molar-refractivity contribution >= 4 is 39.8 Å². The van der Waals surface area contributed by atoms with Crippen LogP contribution in [0, 0.1) is 10.1 Å². The molecule has 1 aliphatic rings. The lowest BCUT2D eigenvalue weighted by molar-refractivity contribution is -0.384. The Morgan fingerprint density at radius 2 is 2.00 bits per heavy atom. The van der Waals surface area contributed by atoms with E-state index in [9.17, 15) is 24.5 Å². The van der Waals surface area contributed by atoms with E-state index in [1.165, 1.54) is 23.4 Å². The fourth-order valence-electron chi connectivity index (χ4n) is 3.06. The SMILES string of the molecule is O=C1CN(C(=O)Cn2cnc3ccc([N+](=O)[O-])cc3c2=O)c2ccccc2N1. The van der Waals surface area contributed by atoms with Crippen LogP contribution in [0.3, 0.4) is 0 Å². The molecule has 1 aromatic heterocycles. The molecule has 1 aliphatic heterocycles. The Labute approximate surface area is 157 Å². The lowest BCUT2D eigenvalue weighted by atomic mass is 10.2. The first kappa shape index (κ1) is 17.3. The van der Waals surface area contributed by atoms with Crippen molar-refractivity contribution in [3.8, 4) is 0 Å². The Kier molecular flexibility index (Phi) is 4.07. The number of anilines is 2. The van der Waals surface area contributed by atoms with Crippen molar-refractivity contribution in [3.63, 3.8) is 0 Å². The largest absolute Gasteiger partial charge is 0.323 e. The lowest BCUT2D eigenvalue weighted by Gasteiger charge is -2.29. The summed E-state index contributed by atoms with van der Waals surface area (Å²) in [5.74, 6) is -0.817. The number of rotatable bonds is 3. The second kappa shape index (κ2) is 6.58. The van der Waals surface area contributed by atoms with Crippen molar-refractivity contribution in [1.29, 1.82) is 0 Å². The minimum atomic E-state index is -0.607. The highest BCUT2D eigenvalue weighted by molar-refractivity contribution is 6.09. The van der Waals surface area contributed by atoms with E-state index < -0.39 is 16.4 Å². The Balaban J connectivity index is 1.69. The number of nitrogens with one attached hydrogen (secondary N) is 1. The number of nitro benzene ring substituents is 1. The van der Waals surface area contributed by atoms with Crippen LogP contribution < -0.4 is 15.8 Å². The summed E-state index contributed by atoms with van der Waals surface area (Å²) in [5.41, 5.74) is 0.520. The van der Waals surface area contributed by atoms with Crippen LogP contribution in [0.1, 0.15) is 0 Å². The number of nitrogens with zero attached hydrogens (tertiary/aromatic N) is 4. The van der Waals surface area contributed by atoms with Gasteiger partial charge in [0.2, 0.25) is 11.8 Å². The van der Waals surface area contributed by atoms with Crippen molar-refractivity contribution in [1.82, 2.24) is 9.55 Å². The number of carbonyl (C=O) groups excluding carboxylic acids is 2. The van der Waals surface area contributed by atoms with Gasteiger partial charge in [-0.05, 0) is 18.2 Å². The molecule has 28 heavy (non-hydrogen) atoms. The van der Waals surface area contributed by atoms with E-state index in [4.69, 9.17) is 0 Å². The minimum absolute atomic E-state index is 0.0429. The quantitative estimate of drug-likeness (QED) is 0.539.